The minimum absolute atomic E-state index is 0.00298. The number of carbonyl (C=O) groups excluding carboxylic acids is 1. The van der Waals surface area contributed by atoms with Crippen LogP contribution in [0.2, 0.25) is 10.0 Å². The molecule has 0 saturated carbocycles. The standard InChI is InChI=1S/C10H10Cl2N2O4S/c11-8-2-1-7(5-9(8)12)6-13-19(16,17)14-3-4-18-10(14)15/h1-2,5,13H,3-4,6H2. The highest BCUT2D eigenvalue weighted by Gasteiger charge is 2.33. The molecule has 1 amide bonds. The van der Waals surface area contributed by atoms with Crippen LogP contribution in [-0.2, 0) is 21.5 Å². The molecule has 1 aliphatic heterocycles. The van der Waals surface area contributed by atoms with E-state index in [0.29, 0.717) is 19.9 Å². The zero-order valence-electron chi connectivity index (χ0n) is 9.60. The summed E-state index contributed by atoms with van der Waals surface area (Å²) in [5, 5.41) is 0.718. The maximum Gasteiger partial charge on any atom is 0.424 e. The summed E-state index contributed by atoms with van der Waals surface area (Å²) in [6.45, 7) is 0.0745. The lowest BCUT2D eigenvalue weighted by molar-refractivity contribution is 0.169. The molecule has 6 nitrogen and oxygen atoms in total. The molecule has 0 unspecified atom stereocenters. The second kappa shape index (κ2) is 5.54. The topological polar surface area (TPSA) is 75.7 Å². The van der Waals surface area contributed by atoms with Crippen LogP contribution in [0.25, 0.3) is 0 Å². The summed E-state index contributed by atoms with van der Waals surface area (Å²) in [6, 6.07) is 4.76. The fourth-order valence-electron chi connectivity index (χ4n) is 1.50. The summed E-state index contributed by atoms with van der Waals surface area (Å²) in [6.07, 6.45) is -0.873. The van der Waals surface area contributed by atoms with Gasteiger partial charge in [0, 0.05) is 6.54 Å². The van der Waals surface area contributed by atoms with Gasteiger partial charge < -0.3 is 4.74 Å². The van der Waals surface area contributed by atoms with Crippen LogP contribution < -0.4 is 4.72 Å². The van der Waals surface area contributed by atoms with Gasteiger partial charge >= 0.3 is 16.3 Å². The van der Waals surface area contributed by atoms with E-state index in [4.69, 9.17) is 23.2 Å². The summed E-state index contributed by atoms with van der Waals surface area (Å²) < 4.78 is 31.1. The number of hydrogen-bond acceptors (Lipinski definition) is 4. The van der Waals surface area contributed by atoms with E-state index < -0.39 is 16.3 Å². The van der Waals surface area contributed by atoms with Crippen molar-refractivity contribution in [2.75, 3.05) is 13.2 Å². The van der Waals surface area contributed by atoms with Gasteiger partial charge in [0.15, 0.2) is 0 Å². The SMILES string of the molecule is O=C1OCCN1S(=O)(=O)NCc1ccc(Cl)c(Cl)c1. The first-order valence-corrected chi connectivity index (χ1v) is 7.48. The monoisotopic (exact) mass is 324 g/mol. The molecule has 0 bridgehead atoms. The molecular weight excluding hydrogens is 315 g/mol. The van der Waals surface area contributed by atoms with Crippen molar-refractivity contribution in [1.29, 1.82) is 0 Å². The molecule has 1 aromatic carbocycles. The number of hydrogen-bond donors (Lipinski definition) is 1. The molecule has 1 aliphatic rings. The summed E-state index contributed by atoms with van der Waals surface area (Å²) >= 11 is 11.6. The van der Waals surface area contributed by atoms with E-state index in [1.807, 2.05) is 0 Å². The van der Waals surface area contributed by atoms with Gasteiger partial charge in [-0.15, -0.1) is 0 Å². The highest BCUT2D eigenvalue weighted by atomic mass is 35.5. The molecule has 1 heterocycles. The largest absolute Gasteiger partial charge is 0.447 e. The molecule has 1 N–H and O–H groups in total. The molecule has 104 valence electrons. The number of halogens is 2. The molecule has 0 aromatic heterocycles. The van der Waals surface area contributed by atoms with Gasteiger partial charge in [0.1, 0.15) is 6.61 Å². The average Bonchev–Trinajstić information content (AvgIpc) is 2.78. The van der Waals surface area contributed by atoms with E-state index in [1.165, 1.54) is 0 Å². The second-order valence-electron chi connectivity index (χ2n) is 3.76. The number of rotatable bonds is 4. The second-order valence-corrected chi connectivity index (χ2v) is 6.26. The summed E-state index contributed by atoms with van der Waals surface area (Å²) in [5.74, 6) is 0. The highest BCUT2D eigenvalue weighted by molar-refractivity contribution is 7.87. The lowest BCUT2D eigenvalue weighted by Crippen LogP contribution is -2.40. The van der Waals surface area contributed by atoms with Crippen LogP contribution in [0.4, 0.5) is 4.79 Å². The number of ether oxygens (including phenoxy) is 1. The van der Waals surface area contributed by atoms with E-state index >= 15 is 0 Å². The Bertz CT molecular complexity index is 606. The van der Waals surface area contributed by atoms with Crippen LogP contribution in [0.3, 0.4) is 0 Å². The Morgan fingerprint density at radius 2 is 2.05 bits per heavy atom. The van der Waals surface area contributed by atoms with Crippen molar-refractivity contribution >= 4 is 39.5 Å². The normalized spacial score (nSPS) is 15.7. The Morgan fingerprint density at radius 1 is 1.32 bits per heavy atom. The predicted octanol–water partition coefficient (Wildman–Crippen LogP) is 1.78. The van der Waals surface area contributed by atoms with Gasteiger partial charge in [-0.1, -0.05) is 29.3 Å². The van der Waals surface area contributed by atoms with Crippen molar-refractivity contribution in [3.8, 4) is 0 Å². The van der Waals surface area contributed by atoms with Crippen LogP contribution in [0.5, 0.6) is 0 Å². The highest BCUT2D eigenvalue weighted by Crippen LogP contribution is 2.22. The summed E-state index contributed by atoms with van der Waals surface area (Å²) in [7, 11) is -3.90. The van der Waals surface area contributed by atoms with Gasteiger partial charge in [-0.3, -0.25) is 0 Å². The Balaban J connectivity index is 2.05. The molecule has 0 aliphatic carbocycles. The molecule has 0 atom stereocenters. The van der Waals surface area contributed by atoms with Crippen LogP contribution >= 0.6 is 23.2 Å². The third-order valence-corrected chi connectivity index (χ3v) is 4.62. The van der Waals surface area contributed by atoms with Crippen LogP contribution in [0.15, 0.2) is 18.2 Å². The van der Waals surface area contributed by atoms with Crippen molar-refractivity contribution in [2.45, 2.75) is 6.54 Å². The Hall–Kier alpha value is -1.02. The first-order valence-electron chi connectivity index (χ1n) is 5.28. The first-order chi connectivity index (χ1) is 8.90. The Labute approximate surface area is 120 Å². The van der Waals surface area contributed by atoms with Gasteiger partial charge in [0.25, 0.3) is 0 Å². The minimum Gasteiger partial charge on any atom is -0.447 e. The van der Waals surface area contributed by atoms with Crippen molar-refractivity contribution < 1.29 is 17.9 Å². The van der Waals surface area contributed by atoms with Crippen molar-refractivity contribution in [3.63, 3.8) is 0 Å². The van der Waals surface area contributed by atoms with E-state index in [2.05, 4.69) is 9.46 Å². The number of cyclic esters (lactones) is 1. The Morgan fingerprint density at radius 3 is 2.63 bits per heavy atom. The maximum atomic E-state index is 11.8. The van der Waals surface area contributed by atoms with Gasteiger partial charge in [-0.05, 0) is 17.7 Å². The number of nitrogens with one attached hydrogen (secondary N) is 1. The van der Waals surface area contributed by atoms with Crippen molar-refractivity contribution in [2.24, 2.45) is 0 Å². The third kappa shape index (κ3) is 3.30. The first kappa shape index (κ1) is 14.4. The van der Waals surface area contributed by atoms with Gasteiger partial charge in [0.2, 0.25) is 0 Å². The fourth-order valence-corrected chi connectivity index (χ4v) is 2.89. The summed E-state index contributed by atoms with van der Waals surface area (Å²) in [5.41, 5.74) is 0.630. The van der Waals surface area contributed by atoms with Crippen molar-refractivity contribution in [3.05, 3.63) is 33.8 Å². The molecule has 1 fully saturated rings. The van der Waals surface area contributed by atoms with Crippen LogP contribution in [0, 0.1) is 0 Å². The van der Waals surface area contributed by atoms with Gasteiger partial charge in [-0.2, -0.15) is 17.4 Å². The lowest BCUT2D eigenvalue weighted by Gasteiger charge is -2.14. The molecule has 1 saturated heterocycles. The quantitative estimate of drug-likeness (QED) is 0.915. The van der Waals surface area contributed by atoms with Crippen LogP contribution in [-0.4, -0.2) is 32.0 Å². The fraction of sp³-hybridized carbons (Fsp3) is 0.300. The van der Waals surface area contributed by atoms with E-state index in [0.717, 1.165) is 0 Å². The average molecular weight is 325 g/mol. The van der Waals surface area contributed by atoms with E-state index in [-0.39, 0.29) is 19.7 Å². The molecule has 9 heteroatoms. The number of nitrogens with zero attached hydrogens (tertiary/aromatic N) is 1. The Kier molecular flexibility index (Phi) is 4.19. The third-order valence-electron chi connectivity index (χ3n) is 2.46. The minimum atomic E-state index is -3.90. The van der Waals surface area contributed by atoms with Crippen LogP contribution in [0.1, 0.15) is 5.56 Å². The molecular formula is C10H10Cl2N2O4S. The number of benzene rings is 1. The van der Waals surface area contributed by atoms with Crippen molar-refractivity contribution in [1.82, 2.24) is 9.03 Å². The summed E-state index contributed by atoms with van der Waals surface area (Å²) in [4.78, 5) is 11.2. The predicted molar refractivity (Wildman–Crippen MR) is 70.3 cm³/mol. The smallest absolute Gasteiger partial charge is 0.424 e. The molecule has 1 aromatic rings. The van der Waals surface area contributed by atoms with Gasteiger partial charge in [-0.25, -0.2) is 4.79 Å². The lowest BCUT2D eigenvalue weighted by atomic mass is 10.2. The van der Waals surface area contributed by atoms with E-state index in [9.17, 15) is 13.2 Å². The van der Waals surface area contributed by atoms with E-state index in [1.54, 1.807) is 18.2 Å². The maximum absolute atomic E-state index is 11.8. The number of carbonyl (C=O) groups is 1. The number of amides is 1. The molecule has 19 heavy (non-hydrogen) atoms. The van der Waals surface area contributed by atoms with Gasteiger partial charge in [0.05, 0.1) is 16.6 Å². The zero-order chi connectivity index (χ0) is 14.0. The molecule has 2 rings (SSSR count). The zero-order valence-corrected chi connectivity index (χ0v) is 11.9. The molecule has 0 radical (unpaired) electrons. The molecule has 0 spiro atoms.